The van der Waals surface area contributed by atoms with E-state index in [2.05, 4.69) is 18.8 Å². The number of aromatic nitrogens is 1. The van der Waals surface area contributed by atoms with Crippen LogP contribution in [0.25, 0.3) is 0 Å². The Morgan fingerprint density at radius 3 is 2.60 bits per heavy atom. The minimum Gasteiger partial charge on any atom is -0.368 e. The largest absolute Gasteiger partial charge is 0.368 e. The Hall–Kier alpha value is -0.930. The van der Waals surface area contributed by atoms with Gasteiger partial charge in [0.2, 0.25) is 0 Å². The number of rotatable bonds is 5. The van der Waals surface area contributed by atoms with E-state index in [0.717, 1.165) is 5.69 Å². The van der Waals surface area contributed by atoms with E-state index in [-0.39, 0.29) is 0 Å². The quantitative estimate of drug-likeness (QED) is 0.755. The van der Waals surface area contributed by atoms with E-state index in [1.165, 1.54) is 5.56 Å². The fourth-order valence-electron chi connectivity index (χ4n) is 1.33. The zero-order chi connectivity index (χ0) is 11.3. The lowest BCUT2D eigenvalue weighted by Crippen LogP contribution is -2.15. The van der Waals surface area contributed by atoms with E-state index in [0.29, 0.717) is 18.9 Å². The summed E-state index contributed by atoms with van der Waals surface area (Å²) in [5.74, 6) is 0.489. The molecule has 1 rings (SSSR count). The molecule has 0 amide bonds. The summed E-state index contributed by atoms with van der Waals surface area (Å²) in [6, 6.07) is 3.99. The monoisotopic (exact) mass is 209 g/mol. The summed E-state index contributed by atoms with van der Waals surface area (Å²) in [7, 11) is 0. The molecule has 0 aliphatic carbocycles. The standard InChI is InChI=1S/C12H19NO2/c1-4-15-12(14)7-11-6-5-10(8-13-11)9(2)3/h5-6,8-9,12,14H,4,7H2,1-3H3. The number of nitrogens with zero attached hydrogens (tertiary/aromatic N) is 1. The topological polar surface area (TPSA) is 42.4 Å². The highest BCUT2D eigenvalue weighted by Gasteiger charge is 2.06. The van der Waals surface area contributed by atoms with Gasteiger partial charge in [-0.15, -0.1) is 0 Å². The highest BCUT2D eigenvalue weighted by Crippen LogP contribution is 2.13. The van der Waals surface area contributed by atoms with Crippen molar-refractivity contribution in [2.24, 2.45) is 0 Å². The van der Waals surface area contributed by atoms with Gasteiger partial charge >= 0.3 is 0 Å². The van der Waals surface area contributed by atoms with Crippen LogP contribution in [0.15, 0.2) is 18.3 Å². The third-order valence-electron chi connectivity index (χ3n) is 2.26. The third-order valence-corrected chi connectivity index (χ3v) is 2.26. The van der Waals surface area contributed by atoms with Gasteiger partial charge < -0.3 is 9.84 Å². The van der Waals surface area contributed by atoms with E-state index in [1.807, 2.05) is 25.3 Å². The maximum absolute atomic E-state index is 9.42. The Kier molecular flexibility index (Phi) is 4.72. The maximum Gasteiger partial charge on any atom is 0.160 e. The van der Waals surface area contributed by atoms with Crippen LogP contribution in [0.2, 0.25) is 0 Å². The average molecular weight is 209 g/mol. The van der Waals surface area contributed by atoms with Gasteiger partial charge in [0.15, 0.2) is 6.29 Å². The zero-order valence-corrected chi connectivity index (χ0v) is 9.60. The van der Waals surface area contributed by atoms with Gasteiger partial charge in [-0.1, -0.05) is 19.9 Å². The Morgan fingerprint density at radius 2 is 2.13 bits per heavy atom. The SMILES string of the molecule is CCOC(O)Cc1ccc(C(C)C)cn1. The van der Waals surface area contributed by atoms with Crippen LogP contribution >= 0.6 is 0 Å². The molecule has 1 N–H and O–H groups in total. The number of aliphatic hydroxyl groups excluding tert-OH is 1. The van der Waals surface area contributed by atoms with Gasteiger partial charge in [0.05, 0.1) is 0 Å². The highest BCUT2D eigenvalue weighted by molar-refractivity contribution is 5.17. The van der Waals surface area contributed by atoms with Crippen molar-refractivity contribution in [1.82, 2.24) is 4.98 Å². The van der Waals surface area contributed by atoms with Crippen molar-refractivity contribution >= 4 is 0 Å². The summed E-state index contributed by atoms with van der Waals surface area (Å²) >= 11 is 0. The van der Waals surface area contributed by atoms with Crippen molar-refractivity contribution in [1.29, 1.82) is 0 Å². The lowest BCUT2D eigenvalue weighted by Gasteiger charge is -2.10. The summed E-state index contributed by atoms with van der Waals surface area (Å²) < 4.78 is 5.04. The summed E-state index contributed by atoms with van der Waals surface area (Å²) in [5, 5.41) is 9.42. The molecule has 0 radical (unpaired) electrons. The molecular weight excluding hydrogens is 190 g/mol. The van der Waals surface area contributed by atoms with Crippen LogP contribution in [0.5, 0.6) is 0 Å². The van der Waals surface area contributed by atoms with Crippen LogP contribution in [0.3, 0.4) is 0 Å². The first-order valence-electron chi connectivity index (χ1n) is 5.38. The molecule has 3 nitrogen and oxygen atoms in total. The first-order valence-corrected chi connectivity index (χ1v) is 5.38. The molecule has 1 unspecified atom stereocenters. The molecule has 3 heteroatoms. The van der Waals surface area contributed by atoms with Gasteiger partial charge in [0.1, 0.15) is 0 Å². The molecule has 0 aromatic carbocycles. The van der Waals surface area contributed by atoms with Gasteiger partial charge in [0, 0.05) is 24.9 Å². The van der Waals surface area contributed by atoms with E-state index in [9.17, 15) is 5.11 Å². The molecule has 84 valence electrons. The highest BCUT2D eigenvalue weighted by atomic mass is 16.6. The van der Waals surface area contributed by atoms with Gasteiger partial charge in [-0.05, 0) is 24.5 Å². The second kappa shape index (κ2) is 5.83. The zero-order valence-electron chi connectivity index (χ0n) is 9.60. The molecule has 0 aliphatic rings. The van der Waals surface area contributed by atoms with Crippen LogP contribution in [0.1, 0.15) is 37.9 Å². The molecule has 0 saturated carbocycles. The van der Waals surface area contributed by atoms with Gasteiger partial charge in [-0.2, -0.15) is 0 Å². The van der Waals surface area contributed by atoms with Crippen LogP contribution in [-0.4, -0.2) is 23.0 Å². The number of hydrogen-bond acceptors (Lipinski definition) is 3. The van der Waals surface area contributed by atoms with Gasteiger partial charge in [-0.25, -0.2) is 0 Å². The Morgan fingerprint density at radius 1 is 1.40 bits per heavy atom. The van der Waals surface area contributed by atoms with Crippen molar-refractivity contribution in [3.05, 3.63) is 29.6 Å². The molecule has 15 heavy (non-hydrogen) atoms. The van der Waals surface area contributed by atoms with Crippen molar-refractivity contribution in [2.75, 3.05) is 6.61 Å². The molecule has 0 bridgehead atoms. The van der Waals surface area contributed by atoms with Crippen molar-refractivity contribution in [3.8, 4) is 0 Å². The van der Waals surface area contributed by atoms with E-state index in [1.54, 1.807) is 0 Å². The summed E-state index contributed by atoms with van der Waals surface area (Å²) in [6.07, 6.45) is 1.57. The number of pyridine rings is 1. The number of aliphatic hydroxyl groups is 1. The van der Waals surface area contributed by atoms with Crippen molar-refractivity contribution in [3.63, 3.8) is 0 Å². The van der Waals surface area contributed by atoms with Crippen LogP contribution in [0.4, 0.5) is 0 Å². The van der Waals surface area contributed by atoms with Gasteiger partial charge in [-0.3, -0.25) is 4.98 Å². The van der Waals surface area contributed by atoms with E-state index < -0.39 is 6.29 Å². The fourth-order valence-corrected chi connectivity index (χ4v) is 1.33. The second-order valence-corrected chi connectivity index (χ2v) is 3.85. The molecule has 0 aliphatic heterocycles. The Labute approximate surface area is 91.1 Å². The van der Waals surface area contributed by atoms with Crippen LogP contribution in [0, 0.1) is 0 Å². The van der Waals surface area contributed by atoms with Crippen molar-refractivity contribution < 1.29 is 9.84 Å². The summed E-state index contributed by atoms with van der Waals surface area (Å²) in [4.78, 5) is 4.28. The van der Waals surface area contributed by atoms with Crippen LogP contribution < -0.4 is 0 Å². The minimum atomic E-state index is -0.743. The minimum absolute atomic E-state index is 0.451. The smallest absolute Gasteiger partial charge is 0.160 e. The van der Waals surface area contributed by atoms with E-state index >= 15 is 0 Å². The van der Waals surface area contributed by atoms with Crippen molar-refractivity contribution in [2.45, 2.75) is 39.4 Å². The first-order chi connectivity index (χ1) is 7.13. The van der Waals surface area contributed by atoms with Gasteiger partial charge in [0.25, 0.3) is 0 Å². The lowest BCUT2D eigenvalue weighted by atomic mass is 10.1. The number of ether oxygens (including phenoxy) is 1. The molecule has 0 spiro atoms. The first kappa shape index (κ1) is 12.1. The molecule has 1 aromatic heterocycles. The molecule has 1 aromatic rings. The Balaban J connectivity index is 2.56. The maximum atomic E-state index is 9.42. The molecular formula is C12H19NO2. The predicted octanol–water partition coefficient (Wildman–Crippen LogP) is 2.10. The average Bonchev–Trinajstić information content (AvgIpc) is 2.18. The molecule has 0 fully saturated rings. The normalized spacial score (nSPS) is 13.1. The second-order valence-electron chi connectivity index (χ2n) is 3.85. The van der Waals surface area contributed by atoms with Crippen LogP contribution in [-0.2, 0) is 11.2 Å². The summed E-state index contributed by atoms with van der Waals surface area (Å²) in [6.45, 7) is 6.64. The summed E-state index contributed by atoms with van der Waals surface area (Å²) in [5.41, 5.74) is 2.07. The predicted molar refractivity (Wildman–Crippen MR) is 59.7 cm³/mol. The Bertz CT molecular complexity index is 282. The third kappa shape index (κ3) is 3.98. The van der Waals surface area contributed by atoms with E-state index in [4.69, 9.17) is 4.74 Å². The lowest BCUT2D eigenvalue weighted by molar-refractivity contribution is -0.0932. The fraction of sp³-hybridized carbons (Fsp3) is 0.583. The molecule has 1 heterocycles. The number of hydrogen-bond donors (Lipinski definition) is 1. The molecule has 1 atom stereocenters. The molecule has 0 saturated heterocycles.